The molecule has 2 N–H and O–H groups in total. The molecule has 1 atom stereocenters. The highest BCUT2D eigenvalue weighted by molar-refractivity contribution is 6.35. The molecular weight excluding hydrogens is 298 g/mol. The van der Waals surface area contributed by atoms with Crippen LogP contribution in [-0.2, 0) is 19.1 Å². The Bertz CT molecular complexity index is 615. The molecule has 124 valence electrons. The molecule has 23 heavy (non-hydrogen) atoms. The third-order valence-electron chi connectivity index (χ3n) is 3.58. The number of rotatable bonds is 5. The molecular formula is C16H21N3O4. The summed E-state index contributed by atoms with van der Waals surface area (Å²) in [6.07, 6.45) is 0. The molecule has 0 radical (unpaired) electrons. The highest BCUT2D eigenvalue weighted by Crippen LogP contribution is 2.36. The molecule has 0 unspecified atom stereocenters. The second-order valence-corrected chi connectivity index (χ2v) is 5.52. The lowest BCUT2D eigenvalue weighted by Gasteiger charge is -2.22. The van der Waals surface area contributed by atoms with E-state index >= 15 is 0 Å². The van der Waals surface area contributed by atoms with Crippen LogP contribution in [0, 0.1) is 0 Å². The van der Waals surface area contributed by atoms with Gasteiger partial charge in [-0.25, -0.2) is 0 Å². The number of fused-ring (bicyclic) bond motifs is 1. The summed E-state index contributed by atoms with van der Waals surface area (Å²) < 4.78 is 4.80. The zero-order valence-electron chi connectivity index (χ0n) is 13.5. The second-order valence-electron chi connectivity index (χ2n) is 5.52. The summed E-state index contributed by atoms with van der Waals surface area (Å²) in [5, 5.41) is 4.94. The topological polar surface area (TPSA) is 87.7 Å². The number of nitrogens with one attached hydrogen (secondary N) is 2. The summed E-state index contributed by atoms with van der Waals surface area (Å²) in [6.45, 7) is 4.34. The van der Waals surface area contributed by atoms with Crippen molar-refractivity contribution in [2.45, 2.75) is 25.9 Å². The zero-order chi connectivity index (χ0) is 17.0. The molecule has 0 spiro atoms. The van der Waals surface area contributed by atoms with Crippen molar-refractivity contribution < 1.29 is 19.1 Å². The van der Waals surface area contributed by atoms with E-state index in [4.69, 9.17) is 4.74 Å². The molecule has 2 rings (SSSR count). The first-order valence-electron chi connectivity index (χ1n) is 7.47. The molecule has 0 saturated heterocycles. The van der Waals surface area contributed by atoms with E-state index in [1.165, 1.54) is 7.11 Å². The van der Waals surface area contributed by atoms with Gasteiger partial charge in [0.25, 0.3) is 5.91 Å². The van der Waals surface area contributed by atoms with Crippen molar-refractivity contribution in [2.75, 3.05) is 25.2 Å². The number of carbonyl (C=O) groups excluding carboxylic acids is 3. The molecule has 0 bridgehead atoms. The van der Waals surface area contributed by atoms with Gasteiger partial charge in [-0.05, 0) is 19.9 Å². The van der Waals surface area contributed by atoms with E-state index in [0.29, 0.717) is 12.2 Å². The number of para-hydroxylation sites is 1. The van der Waals surface area contributed by atoms with Gasteiger partial charge in [0.15, 0.2) is 0 Å². The largest absolute Gasteiger partial charge is 0.383 e. The van der Waals surface area contributed by atoms with Crippen LogP contribution in [0.1, 0.15) is 25.5 Å². The SMILES string of the molecule is COCCNC(=O)C(=O)N[C@H]1C(=O)N(C(C)C)c2ccccc21. The van der Waals surface area contributed by atoms with Crippen molar-refractivity contribution in [2.24, 2.45) is 0 Å². The fourth-order valence-corrected chi connectivity index (χ4v) is 2.56. The Hall–Kier alpha value is -2.41. The Morgan fingerprint density at radius 2 is 1.96 bits per heavy atom. The Morgan fingerprint density at radius 3 is 2.61 bits per heavy atom. The van der Waals surface area contributed by atoms with Crippen molar-refractivity contribution in [1.82, 2.24) is 10.6 Å². The number of carbonyl (C=O) groups is 3. The fraction of sp³-hybridized carbons (Fsp3) is 0.438. The first-order valence-corrected chi connectivity index (χ1v) is 7.47. The number of amides is 3. The van der Waals surface area contributed by atoms with Crippen LogP contribution in [0.2, 0.25) is 0 Å². The first kappa shape index (κ1) is 17.0. The maximum atomic E-state index is 12.6. The van der Waals surface area contributed by atoms with Crippen LogP contribution < -0.4 is 15.5 Å². The summed E-state index contributed by atoms with van der Waals surface area (Å²) >= 11 is 0. The quantitative estimate of drug-likeness (QED) is 0.606. The third kappa shape index (κ3) is 3.50. The first-order chi connectivity index (χ1) is 11.0. The zero-order valence-corrected chi connectivity index (χ0v) is 13.5. The molecule has 0 saturated carbocycles. The van der Waals surface area contributed by atoms with Crippen LogP contribution in [0.5, 0.6) is 0 Å². The van der Waals surface area contributed by atoms with Gasteiger partial charge >= 0.3 is 11.8 Å². The molecule has 7 nitrogen and oxygen atoms in total. The Labute approximate surface area is 135 Å². The van der Waals surface area contributed by atoms with Gasteiger partial charge in [-0.2, -0.15) is 0 Å². The Kier molecular flexibility index (Phi) is 5.33. The minimum atomic E-state index is -0.839. The van der Waals surface area contributed by atoms with Crippen LogP contribution in [0.3, 0.4) is 0 Å². The van der Waals surface area contributed by atoms with Crippen molar-refractivity contribution in [3.63, 3.8) is 0 Å². The molecule has 1 aromatic carbocycles. The number of anilines is 1. The van der Waals surface area contributed by atoms with Gasteiger partial charge in [0.1, 0.15) is 6.04 Å². The fourth-order valence-electron chi connectivity index (χ4n) is 2.56. The lowest BCUT2D eigenvalue weighted by Crippen LogP contribution is -2.46. The third-order valence-corrected chi connectivity index (χ3v) is 3.58. The standard InChI is InChI=1S/C16H21N3O4/c1-10(2)19-12-7-5-4-6-11(12)13(16(19)22)18-15(21)14(20)17-8-9-23-3/h4-7,10,13H,8-9H2,1-3H3,(H,17,20)(H,18,21)/t13-/m1/s1. The second kappa shape index (κ2) is 7.23. The van der Waals surface area contributed by atoms with E-state index in [-0.39, 0.29) is 18.5 Å². The Balaban J connectivity index is 2.12. The maximum Gasteiger partial charge on any atom is 0.310 e. The molecule has 7 heteroatoms. The van der Waals surface area contributed by atoms with Crippen molar-refractivity contribution in [1.29, 1.82) is 0 Å². The molecule has 0 fully saturated rings. The van der Waals surface area contributed by atoms with Gasteiger partial charge in [-0.3, -0.25) is 14.4 Å². The lowest BCUT2D eigenvalue weighted by atomic mass is 10.1. The average Bonchev–Trinajstić information content (AvgIpc) is 2.80. The van der Waals surface area contributed by atoms with E-state index in [1.54, 1.807) is 17.0 Å². The smallest absolute Gasteiger partial charge is 0.310 e. The molecule has 1 aliphatic heterocycles. The summed E-state index contributed by atoms with van der Waals surface area (Å²) in [6, 6.07) is 6.37. The number of benzene rings is 1. The van der Waals surface area contributed by atoms with Crippen LogP contribution in [0.4, 0.5) is 5.69 Å². The van der Waals surface area contributed by atoms with E-state index in [9.17, 15) is 14.4 Å². The van der Waals surface area contributed by atoms with Gasteiger partial charge in [0.2, 0.25) is 0 Å². The van der Waals surface area contributed by atoms with Crippen molar-refractivity contribution in [3.05, 3.63) is 29.8 Å². The van der Waals surface area contributed by atoms with Gasteiger partial charge in [-0.1, -0.05) is 18.2 Å². The molecule has 3 amide bonds. The highest BCUT2D eigenvalue weighted by atomic mass is 16.5. The molecule has 1 aliphatic rings. The van der Waals surface area contributed by atoms with Crippen LogP contribution in [0.15, 0.2) is 24.3 Å². The number of ether oxygens (including phenoxy) is 1. The summed E-state index contributed by atoms with van der Waals surface area (Å²) in [5.74, 6) is -1.85. The predicted octanol–water partition coefficient (Wildman–Crippen LogP) is 0.362. The minimum Gasteiger partial charge on any atom is -0.383 e. The van der Waals surface area contributed by atoms with Gasteiger partial charge in [-0.15, -0.1) is 0 Å². The molecule has 0 aliphatic carbocycles. The summed E-state index contributed by atoms with van der Waals surface area (Å²) in [4.78, 5) is 37.9. The number of nitrogens with zero attached hydrogens (tertiary/aromatic N) is 1. The minimum absolute atomic E-state index is 0.0407. The van der Waals surface area contributed by atoms with E-state index in [0.717, 1.165) is 5.69 Å². The van der Waals surface area contributed by atoms with Gasteiger partial charge in [0, 0.05) is 30.9 Å². The summed E-state index contributed by atoms with van der Waals surface area (Å²) in [7, 11) is 1.50. The van der Waals surface area contributed by atoms with Gasteiger partial charge < -0.3 is 20.3 Å². The normalized spacial score (nSPS) is 16.4. The number of hydrogen-bond acceptors (Lipinski definition) is 4. The Morgan fingerprint density at radius 1 is 1.26 bits per heavy atom. The predicted molar refractivity (Wildman–Crippen MR) is 84.8 cm³/mol. The van der Waals surface area contributed by atoms with E-state index in [2.05, 4.69) is 10.6 Å². The number of methoxy groups -OCH3 is 1. The van der Waals surface area contributed by atoms with Crippen LogP contribution >= 0.6 is 0 Å². The van der Waals surface area contributed by atoms with Crippen LogP contribution in [0.25, 0.3) is 0 Å². The number of hydrogen-bond donors (Lipinski definition) is 2. The van der Waals surface area contributed by atoms with E-state index in [1.807, 2.05) is 26.0 Å². The molecule has 1 heterocycles. The van der Waals surface area contributed by atoms with E-state index < -0.39 is 17.9 Å². The maximum absolute atomic E-state index is 12.6. The van der Waals surface area contributed by atoms with Gasteiger partial charge in [0.05, 0.1) is 6.61 Å². The monoisotopic (exact) mass is 319 g/mol. The van der Waals surface area contributed by atoms with Crippen molar-refractivity contribution in [3.8, 4) is 0 Å². The van der Waals surface area contributed by atoms with Crippen molar-refractivity contribution >= 4 is 23.4 Å². The highest BCUT2D eigenvalue weighted by Gasteiger charge is 2.39. The lowest BCUT2D eigenvalue weighted by molar-refractivity contribution is -0.140. The summed E-state index contributed by atoms with van der Waals surface area (Å²) in [5.41, 5.74) is 1.46. The van der Waals surface area contributed by atoms with Crippen LogP contribution in [-0.4, -0.2) is 44.0 Å². The molecule has 0 aromatic heterocycles. The molecule has 1 aromatic rings. The average molecular weight is 319 g/mol.